The van der Waals surface area contributed by atoms with Crippen molar-refractivity contribution in [1.29, 1.82) is 0 Å². The van der Waals surface area contributed by atoms with Crippen LogP contribution in [0.1, 0.15) is 12.0 Å². The first-order valence-electron chi connectivity index (χ1n) is 4.40. The third-order valence-electron chi connectivity index (χ3n) is 1.54. The Hall–Kier alpha value is -1.72. The Morgan fingerprint density at radius 2 is 1.69 bits per heavy atom. The Kier molecular flexibility index (Phi) is 5.99. The Morgan fingerprint density at radius 1 is 1.25 bits per heavy atom. The number of benzene rings is 1. The molecule has 0 saturated carbocycles. The Bertz CT molecular complexity index is 308. The van der Waals surface area contributed by atoms with E-state index in [1.54, 1.807) is 30.3 Å². The van der Waals surface area contributed by atoms with E-state index < -0.39 is 18.7 Å². The quantitative estimate of drug-likeness (QED) is 0.827. The molecule has 1 aromatic rings. The minimum atomic E-state index is -4.05. The highest BCUT2D eigenvalue weighted by molar-refractivity contribution is 5.61. The van der Waals surface area contributed by atoms with Crippen LogP contribution in [0.3, 0.4) is 0 Å². The summed E-state index contributed by atoms with van der Waals surface area (Å²) in [5.74, 6) is 0. The molecule has 1 aromatic carbocycles. The number of primary amides is 1. The van der Waals surface area contributed by atoms with Gasteiger partial charge >= 0.3 is 12.3 Å². The lowest BCUT2D eigenvalue weighted by Gasteiger charge is -2.04. The van der Waals surface area contributed by atoms with Gasteiger partial charge in [-0.05, 0) is 12.0 Å². The van der Waals surface area contributed by atoms with E-state index in [9.17, 15) is 13.2 Å². The van der Waals surface area contributed by atoms with Crippen molar-refractivity contribution in [2.24, 2.45) is 5.73 Å². The van der Waals surface area contributed by atoms with Gasteiger partial charge in [0, 0.05) is 6.42 Å². The molecule has 90 valence electrons. The monoisotopic (exact) mass is 235 g/mol. The van der Waals surface area contributed by atoms with Gasteiger partial charge in [0.15, 0.2) is 0 Å². The van der Waals surface area contributed by atoms with Gasteiger partial charge in [-0.15, -0.1) is 0 Å². The van der Waals surface area contributed by atoms with E-state index in [0.29, 0.717) is 0 Å². The summed E-state index contributed by atoms with van der Waals surface area (Å²) in [7, 11) is 0. The van der Waals surface area contributed by atoms with Crippen LogP contribution in [0.4, 0.5) is 18.0 Å². The van der Waals surface area contributed by atoms with E-state index in [1.165, 1.54) is 0 Å². The summed E-state index contributed by atoms with van der Waals surface area (Å²) in [6.07, 6.45) is -6.04. The van der Waals surface area contributed by atoms with Gasteiger partial charge < -0.3 is 10.8 Å². The molecule has 1 rings (SSSR count). The molecule has 3 nitrogen and oxygen atoms in total. The molecule has 0 fully saturated rings. The van der Waals surface area contributed by atoms with Crippen LogP contribution in [-0.4, -0.2) is 17.4 Å². The zero-order valence-corrected chi connectivity index (χ0v) is 8.37. The molecule has 0 heterocycles. The molecule has 0 aliphatic rings. The number of hydrogen-bond acceptors (Lipinski definition) is 1. The second-order valence-electron chi connectivity index (χ2n) is 2.94. The highest BCUT2D eigenvalue weighted by Gasteiger charge is 2.26. The molecule has 6 heteroatoms. The van der Waals surface area contributed by atoms with Gasteiger partial charge in [-0.1, -0.05) is 30.3 Å². The fourth-order valence-electron chi connectivity index (χ4n) is 0.931. The molecular formula is C10H12F3NO2. The van der Waals surface area contributed by atoms with E-state index in [0.717, 1.165) is 5.56 Å². The van der Waals surface area contributed by atoms with Gasteiger partial charge in [-0.2, -0.15) is 13.2 Å². The number of alkyl halides is 3. The van der Waals surface area contributed by atoms with Crippen molar-refractivity contribution in [3.05, 3.63) is 35.9 Å². The molecule has 0 unspecified atom stereocenters. The predicted molar refractivity (Wildman–Crippen MR) is 53.0 cm³/mol. The summed E-state index contributed by atoms with van der Waals surface area (Å²) in [4.78, 5) is 8.78. The second kappa shape index (κ2) is 6.71. The highest BCUT2D eigenvalue weighted by atomic mass is 19.4. The molecule has 0 aliphatic heterocycles. The van der Waals surface area contributed by atoms with Gasteiger partial charge in [-0.25, -0.2) is 4.79 Å². The molecule has 0 aliphatic carbocycles. The van der Waals surface area contributed by atoms with Gasteiger partial charge in [0.1, 0.15) is 0 Å². The van der Waals surface area contributed by atoms with Gasteiger partial charge in [0.25, 0.3) is 0 Å². The number of hydrogen-bond donors (Lipinski definition) is 2. The van der Waals surface area contributed by atoms with Crippen molar-refractivity contribution < 1.29 is 23.1 Å². The lowest BCUT2D eigenvalue weighted by molar-refractivity contribution is -0.133. The summed E-state index contributed by atoms with van der Waals surface area (Å²) in [6, 6.07) is 8.67. The zero-order chi connectivity index (χ0) is 12.6. The minimum Gasteiger partial charge on any atom is -0.465 e. The smallest absolute Gasteiger partial charge is 0.402 e. The normalized spacial score (nSPS) is 10.2. The number of nitrogens with two attached hydrogens (primary N) is 1. The Labute approximate surface area is 90.7 Å². The summed E-state index contributed by atoms with van der Waals surface area (Å²) >= 11 is 0. The van der Waals surface area contributed by atoms with Gasteiger partial charge in [-0.3, -0.25) is 0 Å². The largest absolute Gasteiger partial charge is 0.465 e. The first kappa shape index (κ1) is 14.3. The van der Waals surface area contributed by atoms with E-state index in [4.69, 9.17) is 9.90 Å². The lowest BCUT2D eigenvalue weighted by Crippen LogP contribution is -2.08. The second-order valence-corrected chi connectivity index (χ2v) is 2.94. The van der Waals surface area contributed by atoms with E-state index >= 15 is 0 Å². The molecule has 0 atom stereocenters. The molecule has 1 amide bonds. The summed E-state index contributed by atoms with van der Waals surface area (Å²) in [5, 5.41) is 7.19. The number of aryl methyl sites for hydroxylation is 1. The van der Waals surface area contributed by atoms with Crippen molar-refractivity contribution in [2.45, 2.75) is 19.0 Å². The Morgan fingerprint density at radius 3 is 2.06 bits per heavy atom. The number of halogens is 3. The van der Waals surface area contributed by atoms with Crippen LogP contribution < -0.4 is 5.73 Å². The first-order chi connectivity index (χ1) is 7.31. The van der Waals surface area contributed by atoms with Crippen molar-refractivity contribution in [1.82, 2.24) is 0 Å². The summed E-state index contributed by atoms with van der Waals surface area (Å²) < 4.78 is 35.2. The number of rotatable bonds is 2. The van der Waals surface area contributed by atoms with Gasteiger partial charge in [0.05, 0.1) is 0 Å². The van der Waals surface area contributed by atoms with Crippen molar-refractivity contribution in [3.8, 4) is 0 Å². The fourth-order valence-corrected chi connectivity index (χ4v) is 0.931. The van der Waals surface area contributed by atoms with Crippen LogP contribution in [-0.2, 0) is 6.42 Å². The van der Waals surface area contributed by atoms with Crippen molar-refractivity contribution in [3.63, 3.8) is 0 Å². The summed E-state index contributed by atoms with van der Waals surface area (Å²) in [6.45, 7) is 0. The van der Waals surface area contributed by atoms with Crippen LogP contribution in [0.15, 0.2) is 30.3 Å². The number of carbonyl (C=O) groups is 1. The predicted octanol–water partition coefficient (Wildman–Crippen LogP) is 2.80. The fraction of sp³-hybridized carbons (Fsp3) is 0.300. The van der Waals surface area contributed by atoms with Crippen LogP contribution in [0, 0.1) is 0 Å². The Balaban J connectivity index is 0.000000487. The average molecular weight is 235 g/mol. The molecule has 3 N–H and O–H groups in total. The van der Waals surface area contributed by atoms with E-state index in [-0.39, 0.29) is 6.42 Å². The minimum absolute atomic E-state index is 0.0737. The first-order valence-corrected chi connectivity index (χ1v) is 4.40. The van der Waals surface area contributed by atoms with Gasteiger partial charge in [0.2, 0.25) is 0 Å². The maximum absolute atomic E-state index is 11.7. The topological polar surface area (TPSA) is 63.3 Å². The van der Waals surface area contributed by atoms with Crippen molar-refractivity contribution in [2.75, 3.05) is 0 Å². The zero-order valence-electron chi connectivity index (χ0n) is 8.37. The van der Waals surface area contributed by atoms with E-state index in [1.807, 2.05) is 0 Å². The van der Waals surface area contributed by atoms with Crippen LogP contribution >= 0.6 is 0 Å². The molecule has 0 saturated heterocycles. The standard InChI is InChI=1S/C9H9F3.CH3NO2/c10-9(11,12)7-6-8-4-2-1-3-5-8;2-1(3)4/h1-5H,6-7H2;2H2,(H,3,4). The molecule has 0 radical (unpaired) electrons. The molecule has 0 spiro atoms. The molecular weight excluding hydrogens is 223 g/mol. The van der Waals surface area contributed by atoms with Crippen LogP contribution in [0.5, 0.6) is 0 Å². The summed E-state index contributed by atoms with van der Waals surface area (Å²) in [5.41, 5.74) is 4.76. The maximum Gasteiger partial charge on any atom is 0.402 e. The highest BCUT2D eigenvalue weighted by Crippen LogP contribution is 2.21. The molecule has 16 heavy (non-hydrogen) atoms. The third kappa shape index (κ3) is 10.4. The number of amides is 1. The SMILES string of the molecule is FC(F)(F)CCc1ccccc1.NC(=O)O. The van der Waals surface area contributed by atoms with E-state index in [2.05, 4.69) is 5.73 Å². The molecule has 0 bridgehead atoms. The molecule has 0 aromatic heterocycles. The third-order valence-corrected chi connectivity index (χ3v) is 1.54. The average Bonchev–Trinajstić information content (AvgIpc) is 2.14. The van der Waals surface area contributed by atoms with Crippen LogP contribution in [0.2, 0.25) is 0 Å². The van der Waals surface area contributed by atoms with Crippen LogP contribution in [0.25, 0.3) is 0 Å². The van der Waals surface area contributed by atoms with Crippen molar-refractivity contribution >= 4 is 6.09 Å². The number of carboxylic acid groups (broad SMARTS) is 1. The lowest BCUT2D eigenvalue weighted by atomic mass is 10.1. The maximum atomic E-state index is 11.7.